The first-order valence-corrected chi connectivity index (χ1v) is 15.4. The molecular weight excluding hydrogens is 476 g/mol. The molecule has 0 aliphatic heterocycles. The Bertz CT molecular complexity index is 999. The van der Waals surface area contributed by atoms with Crippen molar-refractivity contribution >= 4 is 5.97 Å². The molecule has 0 bridgehead atoms. The Hall–Kier alpha value is -0.910. The summed E-state index contributed by atoms with van der Waals surface area (Å²) in [7, 11) is 0. The number of ether oxygens (including phenoxy) is 1. The summed E-state index contributed by atoms with van der Waals surface area (Å²) in [6.07, 6.45) is 7.87. The number of allylic oxidation sites excluding steroid dienone is 2. The van der Waals surface area contributed by atoms with Crippen molar-refractivity contribution in [3.63, 3.8) is 0 Å². The minimum Gasteiger partial charge on any atom is -0.465 e. The molecule has 5 heteroatoms. The fraction of sp³-hybridized carbons (Fsp3) is 0.909. The van der Waals surface area contributed by atoms with Crippen LogP contribution in [0.25, 0.3) is 0 Å². The number of aliphatic hydroxyl groups is 3. The number of esters is 1. The third kappa shape index (κ3) is 3.49. The summed E-state index contributed by atoms with van der Waals surface area (Å²) in [5.41, 5.74) is 0.106. The van der Waals surface area contributed by atoms with Crippen LogP contribution < -0.4 is 0 Å². The molecule has 5 nitrogen and oxygen atoms in total. The Labute approximate surface area is 230 Å². The van der Waals surface area contributed by atoms with Crippen molar-refractivity contribution in [2.45, 2.75) is 131 Å². The summed E-state index contributed by atoms with van der Waals surface area (Å²) in [5, 5.41) is 33.7. The number of fused-ring (bicyclic) bond motifs is 7. The maximum Gasteiger partial charge on any atom is 0.312 e. The van der Waals surface area contributed by atoms with E-state index < -0.39 is 34.6 Å². The average molecular weight is 531 g/mol. The molecule has 0 radical (unpaired) electrons. The molecule has 38 heavy (non-hydrogen) atoms. The Kier molecular flexibility index (Phi) is 6.62. The van der Waals surface area contributed by atoms with E-state index in [0.717, 1.165) is 57.8 Å². The van der Waals surface area contributed by atoms with E-state index in [2.05, 4.69) is 61.5 Å². The van der Waals surface area contributed by atoms with E-state index in [1.165, 1.54) is 5.57 Å². The molecule has 0 heterocycles. The molecule has 0 unspecified atom stereocenters. The van der Waals surface area contributed by atoms with Crippen molar-refractivity contribution in [1.29, 1.82) is 0 Å². The molecule has 4 saturated carbocycles. The molecular formula is C33H54O5. The molecule has 0 aromatic heterocycles. The van der Waals surface area contributed by atoms with Crippen LogP contribution in [-0.2, 0) is 9.53 Å². The predicted molar refractivity (Wildman–Crippen MR) is 149 cm³/mol. The van der Waals surface area contributed by atoms with Crippen molar-refractivity contribution in [3.05, 3.63) is 11.6 Å². The van der Waals surface area contributed by atoms with Gasteiger partial charge >= 0.3 is 5.97 Å². The van der Waals surface area contributed by atoms with Crippen molar-refractivity contribution in [2.24, 2.45) is 50.2 Å². The van der Waals surface area contributed by atoms with Crippen LogP contribution in [0.3, 0.4) is 0 Å². The monoisotopic (exact) mass is 530 g/mol. The van der Waals surface area contributed by atoms with Gasteiger partial charge in [0.1, 0.15) is 6.10 Å². The van der Waals surface area contributed by atoms with E-state index in [0.29, 0.717) is 6.61 Å². The van der Waals surface area contributed by atoms with E-state index in [9.17, 15) is 20.1 Å². The average Bonchev–Trinajstić information content (AvgIpc) is 2.85. The third-order valence-electron chi connectivity index (χ3n) is 13.6. The molecule has 5 aliphatic carbocycles. The van der Waals surface area contributed by atoms with Gasteiger partial charge in [-0.3, -0.25) is 4.79 Å². The zero-order valence-corrected chi connectivity index (χ0v) is 25.3. The lowest BCUT2D eigenvalue weighted by Crippen LogP contribution is -2.72. The van der Waals surface area contributed by atoms with Gasteiger partial charge < -0.3 is 20.1 Å². The molecule has 0 aromatic carbocycles. The first-order chi connectivity index (χ1) is 17.5. The highest BCUT2D eigenvalue weighted by molar-refractivity contribution is 5.78. The third-order valence-corrected chi connectivity index (χ3v) is 13.6. The molecule has 0 saturated heterocycles. The van der Waals surface area contributed by atoms with Gasteiger partial charge in [0, 0.05) is 5.41 Å². The topological polar surface area (TPSA) is 87.0 Å². The first-order valence-electron chi connectivity index (χ1n) is 15.4. The highest BCUT2D eigenvalue weighted by Gasteiger charge is 2.72. The van der Waals surface area contributed by atoms with Gasteiger partial charge in [0.15, 0.2) is 0 Å². The van der Waals surface area contributed by atoms with Gasteiger partial charge in [-0.1, -0.05) is 67.0 Å². The van der Waals surface area contributed by atoms with Crippen LogP contribution >= 0.6 is 0 Å². The molecule has 5 rings (SSSR count). The normalized spacial score (nSPS) is 51.0. The molecule has 0 spiro atoms. The van der Waals surface area contributed by atoms with Crippen LogP contribution in [0, 0.1) is 50.2 Å². The number of hydrogen-bond acceptors (Lipinski definition) is 5. The lowest BCUT2D eigenvalue weighted by molar-refractivity contribution is -0.278. The zero-order chi connectivity index (χ0) is 28.1. The van der Waals surface area contributed by atoms with Crippen LogP contribution in [-0.4, -0.2) is 46.2 Å². The van der Waals surface area contributed by atoms with Gasteiger partial charge in [-0.05, 0) is 97.2 Å². The van der Waals surface area contributed by atoms with Crippen LogP contribution in [0.1, 0.15) is 113 Å². The number of rotatable bonds is 3. The quantitative estimate of drug-likeness (QED) is 0.306. The standard InChI is InChI=1S/C33H54O5/c1-9-18-38-27(37)33-16-14-28(2,3)19-21(33)20-10-11-23-31(7,30(20,6)15-17-33)13-12-22-29(4,5)25(35)24(34)26(36)32(22,23)8/h10,21-26,34-36H,9,11-19H2,1-8H3/t21-,22-,23-,24+,25-,26-,30+,31+,32-,33-/m0/s1. The molecule has 4 fully saturated rings. The van der Waals surface area contributed by atoms with Crippen molar-refractivity contribution < 1.29 is 24.9 Å². The number of carbonyl (C=O) groups is 1. The van der Waals surface area contributed by atoms with Crippen molar-refractivity contribution in [3.8, 4) is 0 Å². The first kappa shape index (κ1) is 28.6. The lowest BCUT2D eigenvalue weighted by atomic mass is 9.33. The number of hydrogen-bond donors (Lipinski definition) is 3. The summed E-state index contributed by atoms with van der Waals surface area (Å²) in [5.74, 6) is 0.528. The zero-order valence-electron chi connectivity index (χ0n) is 25.3. The summed E-state index contributed by atoms with van der Waals surface area (Å²) in [6, 6.07) is 0. The fourth-order valence-corrected chi connectivity index (χ4v) is 11.0. The van der Waals surface area contributed by atoms with Gasteiger partial charge in [0.05, 0.1) is 24.2 Å². The second-order valence-electron chi connectivity index (χ2n) is 16.1. The van der Waals surface area contributed by atoms with E-state index in [1.54, 1.807) is 0 Å². The van der Waals surface area contributed by atoms with Gasteiger partial charge in [-0.2, -0.15) is 0 Å². The Morgan fingerprint density at radius 1 is 0.921 bits per heavy atom. The lowest BCUT2D eigenvalue weighted by Gasteiger charge is -2.72. The number of carbonyl (C=O) groups excluding carboxylic acids is 1. The van der Waals surface area contributed by atoms with E-state index in [4.69, 9.17) is 4.74 Å². The molecule has 216 valence electrons. The largest absolute Gasteiger partial charge is 0.465 e. The molecule has 0 aromatic rings. The second-order valence-corrected chi connectivity index (χ2v) is 16.1. The minimum atomic E-state index is -1.14. The van der Waals surface area contributed by atoms with E-state index >= 15 is 0 Å². The Morgan fingerprint density at radius 3 is 2.24 bits per heavy atom. The minimum absolute atomic E-state index is 0.0207. The predicted octanol–water partition coefficient (Wildman–Crippen LogP) is 6.04. The van der Waals surface area contributed by atoms with Crippen LogP contribution in [0.2, 0.25) is 0 Å². The highest BCUT2D eigenvalue weighted by atomic mass is 16.5. The van der Waals surface area contributed by atoms with Gasteiger partial charge in [0.2, 0.25) is 0 Å². The van der Waals surface area contributed by atoms with Crippen LogP contribution in [0.5, 0.6) is 0 Å². The van der Waals surface area contributed by atoms with Crippen LogP contribution in [0.15, 0.2) is 11.6 Å². The summed E-state index contributed by atoms with van der Waals surface area (Å²) < 4.78 is 5.90. The SMILES string of the molecule is CCCOC(=O)[C@]12CCC(C)(C)C[C@H]1C1=CC[C@@H]3[C@@]4(C)[C@@H](O)[C@H](O)[C@H](O)C(C)(C)[C@@H]4CC[C@@]3(C)[C@]1(C)CC2. The van der Waals surface area contributed by atoms with Gasteiger partial charge in [-0.15, -0.1) is 0 Å². The Balaban J connectivity index is 1.60. The van der Waals surface area contributed by atoms with E-state index in [1.807, 2.05) is 0 Å². The molecule has 0 amide bonds. The smallest absolute Gasteiger partial charge is 0.312 e. The summed E-state index contributed by atoms with van der Waals surface area (Å²) >= 11 is 0. The van der Waals surface area contributed by atoms with Crippen LogP contribution in [0.4, 0.5) is 0 Å². The van der Waals surface area contributed by atoms with Gasteiger partial charge in [-0.25, -0.2) is 0 Å². The maximum atomic E-state index is 13.8. The fourth-order valence-electron chi connectivity index (χ4n) is 11.0. The summed E-state index contributed by atoms with van der Waals surface area (Å²) in [4.78, 5) is 13.8. The van der Waals surface area contributed by atoms with Gasteiger partial charge in [0.25, 0.3) is 0 Å². The summed E-state index contributed by atoms with van der Waals surface area (Å²) in [6.45, 7) is 18.5. The second kappa shape index (κ2) is 8.79. The molecule has 10 atom stereocenters. The molecule has 3 N–H and O–H groups in total. The maximum absolute atomic E-state index is 13.8. The molecule has 5 aliphatic rings. The van der Waals surface area contributed by atoms with E-state index in [-0.39, 0.29) is 40.0 Å². The highest BCUT2D eigenvalue weighted by Crippen LogP contribution is 2.75. The van der Waals surface area contributed by atoms with Crippen molar-refractivity contribution in [1.82, 2.24) is 0 Å². The van der Waals surface area contributed by atoms with Crippen molar-refractivity contribution in [2.75, 3.05) is 6.61 Å². The Morgan fingerprint density at radius 2 is 1.58 bits per heavy atom. The number of aliphatic hydroxyl groups excluding tert-OH is 3.